The van der Waals surface area contributed by atoms with E-state index in [0.717, 1.165) is 0 Å². The van der Waals surface area contributed by atoms with Crippen LogP contribution in [-0.2, 0) is 25.8 Å². The van der Waals surface area contributed by atoms with Crippen molar-refractivity contribution in [2.75, 3.05) is 25.0 Å². The fourth-order valence-electron chi connectivity index (χ4n) is 4.19. The number of hydroxylamine groups is 3. The zero-order valence-corrected chi connectivity index (χ0v) is 24.9. The second-order valence-electron chi connectivity index (χ2n) is 10.9. The first kappa shape index (κ1) is 34.9. The zero-order chi connectivity index (χ0) is 32.0. The van der Waals surface area contributed by atoms with Gasteiger partial charge in [0, 0.05) is 24.6 Å². The third-order valence-electron chi connectivity index (χ3n) is 7.26. The Hall–Kier alpha value is -4.25. The number of urea groups is 1. The molecular weight excluding hydrogens is 556 g/mol. The summed E-state index contributed by atoms with van der Waals surface area (Å²) in [4.78, 5) is 62.1. The van der Waals surface area contributed by atoms with E-state index in [9.17, 15) is 34.3 Å². The lowest BCUT2D eigenvalue weighted by Gasteiger charge is -2.35. The van der Waals surface area contributed by atoms with E-state index in [2.05, 4.69) is 33.4 Å². The number of hydrogen-bond acceptors (Lipinski definition) is 7. The molecule has 0 aromatic heterocycles. The summed E-state index contributed by atoms with van der Waals surface area (Å²) in [5.41, 5.74) is 4.48. The van der Waals surface area contributed by atoms with E-state index in [4.69, 9.17) is 5.73 Å². The molecule has 1 aliphatic heterocycles. The molecule has 2 rings (SSSR count). The van der Waals surface area contributed by atoms with E-state index >= 15 is 0 Å². The predicted octanol–water partition coefficient (Wildman–Crippen LogP) is 1.32. The zero-order valence-electron chi connectivity index (χ0n) is 24.9. The largest absolute Gasteiger partial charge is 0.625 e. The number of carbonyl (C=O) groups excluding carboxylic acids is 5. The van der Waals surface area contributed by atoms with Crippen molar-refractivity contribution in [1.82, 2.24) is 16.0 Å². The molecule has 1 heterocycles. The third kappa shape index (κ3) is 10.8. The fourth-order valence-corrected chi connectivity index (χ4v) is 4.19. The van der Waals surface area contributed by atoms with Gasteiger partial charge in [-0.1, -0.05) is 32.1 Å². The molecule has 13 nitrogen and oxygen atoms in total. The van der Waals surface area contributed by atoms with E-state index in [-0.39, 0.29) is 50.2 Å². The van der Waals surface area contributed by atoms with E-state index in [1.807, 2.05) is 0 Å². The van der Waals surface area contributed by atoms with Crippen LogP contribution < -0.4 is 27.0 Å². The molecule has 7 N–H and O–H groups in total. The lowest BCUT2D eigenvalue weighted by molar-refractivity contribution is -0.792. The van der Waals surface area contributed by atoms with Gasteiger partial charge in [-0.2, -0.15) is 0 Å². The number of nitrogens with one attached hydrogen (secondary N) is 4. The molecule has 0 radical (unpaired) electrons. The summed E-state index contributed by atoms with van der Waals surface area (Å²) in [7, 11) is 0. The number of anilines is 1. The van der Waals surface area contributed by atoms with Gasteiger partial charge >= 0.3 is 11.9 Å². The first-order valence-corrected chi connectivity index (χ1v) is 14.3. The van der Waals surface area contributed by atoms with Gasteiger partial charge in [0.2, 0.25) is 11.8 Å². The minimum Gasteiger partial charge on any atom is -0.625 e. The van der Waals surface area contributed by atoms with Crippen LogP contribution in [0.5, 0.6) is 0 Å². The average molecular weight is 599 g/mol. The number of hydrogen-bond donors (Lipinski definition) is 6. The Bertz CT molecular complexity index is 1200. The maximum atomic E-state index is 13.5. The third-order valence-corrected chi connectivity index (χ3v) is 7.26. The maximum absolute atomic E-state index is 13.5. The Balaban J connectivity index is 2.02. The molecule has 6 amide bonds. The highest BCUT2D eigenvalue weighted by Crippen LogP contribution is 2.19. The lowest BCUT2D eigenvalue weighted by Crippen LogP contribution is -2.62. The standard InChI is InChI=1S/C30H42N6O7/c1-21(2)30(3,35-25(38)11-5-4-8-18-36(43)19-9-12-26(36)39)28(41)34-24(10-6-7-17-32-29(31)42)27(40)33-23-15-13-22(20-37)14-16-23/h6,9-10,12-13,15,21,24,37H,4-5,7-8,11,17-20H2,1-3H3,(H,33,40)(H,34,41)(H,35,38)(H3,31,32,42)/b10-6+. The fraction of sp³-hybridized carbons (Fsp3) is 0.500. The minimum atomic E-state index is -1.36. The van der Waals surface area contributed by atoms with Gasteiger partial charge in [0.25, 0.3) is 5.91 Å². The molecule has 0 spiro atoms. The molecule has 1 aromatic carbocycles. The summed E-state index contributed by atoms with van der Waals surface area (Å²) < 4.78 is -0.896. The summed E-state index contributed by atoms with van der Waals surface area (Å²) in [6.07, 6.45) is 7.93. The summed E-state index contributed by atoms with van der Waals surface area (Å²) >= 11 is 0. The van der Waals surface area contributed by atoms with Crippen LogP contribution in [0.3, 0.4) is 0 Å². The molecule has 0 aliphatic carbocycles. The number of aliphatic hydroxyl groups excluding tert-OH is 1. The van der Waals surface area contributed by atoms with Crippen LogP contribution in [0, 0.1) is 23.3 Å². The number of nitrogens with two attached hydrogens (primary N) is 1. The van der Waals surface area contributed by atoms with Gasteiger partial charge in [0.05, 0.1) is 18.8 Å². The number of nitrogens with zero attached hydrogens (tertiary/aromatic N) is 1. The highest BCUT2D eigenvalue weighted by atomic mass is 16.6. The Labute approximate surface area is 252 Å². The van der Waals surface area contributed by atoms with Crippen molar-refractivity contribution in [3.8, 4) is 0 Å². The van der Waals surface area contributed by atoms with Crippen molar-refractivity contribution < 1.29 is 33.7 Å². The van der Waals surface area contributed by atoms with Crippen molar-refractivity contribution in [3.05, 3.63) is 59.3 Å². The van der Waals surface area contributed by atoms with Crippen LogP contribution in [0.4, 0.5) is 10.5 Å². The molecule has 1 aromatic rings. The summed E-state index contributed by atoms with van der Waals surface area (Å²) in [5.74, 6) is -2.34. The maximum Gasteiger partial charge on any atom is 0.338 e. The molecular formula is C30H42N6O7. The Morgan fingerprint density at radius 1 is 1.19 bits per heavy atom. The molecule has 0 saturated heterocycles. The SMILES string of the molecule is CC(C)C(C)(NC(=O)CCCCC[N+]1([O-])CC=CC1=O)C(=O)NC(/C=C/CCNC(N)=O)C(=O)Nc1c#cc(CO)cc1. The van der Waals surface area contributed by atoms with Gasteiger partial charge < -0.3 is 37.3 Å². The van der Waals surface area contributed by atoms with Gasteiger partial charge in [0.1, 0.15) is 18.1 Å². The summed E-state index contributed by atoms with van der Waals surface area (Å²) in [6, 6.07) is 6.72. The number of rotatable bonds is 17. The van der Waals surface area contributed by atoms with Crippen LogP contribution in [0.25, 0.3) is 0 Å². The van der Waals surface area contributed by atoms with Crippen LogP contribution in [0.15, 0.2) is 36.4 Å². The van der Waals surface area contributed by atoms with E-state index in [1.54, 1.807) is 39.0 Å². The van der Waals surface area contributed by atoms with Gasteiger partial charge in [-0.15, -0.1) is 0 Å². The lowest BCUT2D eigenvalue weighted by atomic mass is 9.86. The summed E-state index contributed by atoms with van der Waals surface area (Å²) in [5, 5.41) is 32.2. The number of amides is 6. The average Bonchev–Trinajstić information content (AvgIpc) is 3.29. The smallest absolute Gasteiger partial charge is 0.338 e. The van der Waals surface area contributed by atoms with E-state index < -0.39 is 40.0 Å². The van der Waals surface area contributed by atoms with Gasteiger partial charge in [0.15, 0.2) is 0 Å². The van der Waals surface area contributed by atoms with Gasteiger partial charge in [-0.3, -0.25) is 19.0 Å². The van der Waals surface area contributed by atoms with Crippen molar-refractivity contribution in [3.63, 3.8) is 0 Å². The molecule has 234 valence electrons. The Morgan fingerprint density at radius 3 is 2.51 bits per heavy atom. The van der Waals surface area contributed by atoms with E-state index in [0.29, 0.717) is 31.2 Å². The first-order valence-electron chi connectivity index (χ1n) is 14.3. The van der Waals surface area contributed by atoms with Crippen molar-refractivity contribution in [1.29, 1.82) is 0 Å². The predicted molar refractivity (Wildman–Crippen MR) is 159 cm³/mol. The number of unbranched alkanes of at least 4 members (excludes halogenated alkanes) is 2. The Morgan fingerprint density at radius 2 is 1.93 bits per heavy atom. The molecule has 13 heteroatoms. The number of primary amides is 1. The second kappa shape index (κ2) is 16.4. The van der Waals surface area contributed by atoms with Crippen LogP contribution in [0.1, 0.15) is 58.4 Å². The van der Waals surface area contributed by atoms with Crippen LogP contribution in [0.2, 0.25) is 0 Å². The van der Waals surface area contributed by atoms with Gasteiger partial charge in [-0.05, 0) is 62.8 Å². The van der Waals surface area contributed by atoms with Gasteiger partial charge in [-0.25, -0.2) is 9.59 Å². The number of quaternary nitrogens is 1. The first-order chi connectivity index (χ1) is 20.3. The normalized spacial score (nSPS) is 18.1. The molecule has 0 fully saturated rings. The number of carbonyl (C=O) groups is 5. The highest BCUT2D eigenvalue weighted by Gasteiger charge is 2.39. The quantitative estimate of drug-likeness (QED) is 0.0671. The molecule has 3 unspecified atom stereocenters. The molecule has 43 heavy (non-hydrogen) atoms. The topological polar surface area (TPSA) is 203 Å². The summed E-state index contributed by atoms with van der Waals surface area (Å²) in [6.45, 7) is 5.39. The van der Waals surface area contributed by atoms with E-state index in [1.165, 1.54) is 18.2 Å². The Kier molecular flexibility index (Phi) is 13.3. The molecule has 0 saturated carbocycles. The van der Waals surface area contributed by atoms with Crippen LogP contribution in [-0.4, -0.2) is 70.6 Å². The minimum absolute atomic E-state index is 0.119. The highest BCUT2D eigenvalue weighted by molar-refractivity contribution is 6.00. The second-order valence-corrected chi connectivity index (χ2v) is 10.9. The van der Waals surface area contributed by atoms with Crippen LogP contribution >= 0.6 is 0 Å². The van der Waals surface area contributed by atoms with Crippen molar-refractivity contribution in [2.45, 2.75) is 71.1 Å². The monoisotopic (exact) mass is 598 g/mol. The molecule has 1 aliphatic rings. The van der Waals surface area contributed by atoms with Crippen molar-refractivity contribution >= 4 is 35.3 Å². The molecule has 0 bridgehead atoms. The molecule has 3 atom stereocenters. The van der Waals surface area contributed by atoms with Crippen molar-refractivity contribution in [2.24, 2.45) is 11.7 Å². The number of aliphatic hydroxyl groups is 1.